The van der Waals surface area contributed by atoms with Crippen LogP contribution in [0.4, 0.5) is 9.80 Å². The second-order valence-electron chi connectivity index (χ2n) is 9.03. The first-order valence-corrected chi connectivity index (χ1v) is 13.3. The van der Waals surface area contributed by atoms with Crippen LogP contribution in [0.2, 0.25) is 0 Å². The van der Waals surface area contributed by atoms with Gasteiger partial charge in [0, 0.05) is 39.3 Å². The molecule has 3 amide bonds. The Balaban J connectivity index is 1.31. The number of aliphatic hydroxyl groups is 1. The summed E-state index contributed by atoms with van der Waals surface area (Å²) in [5.41, 5.74) is 7.70. The average Bonchev–Trinajstić information content (AvgIpc) is 3.26. The van der Waals surface area contributed by atoms with Crippen LogP contribution in [0.25, 0.3) is 0 Å². The van der Waals surface area contributed by atoms with E-state index in [1.165, 1.54) is 0 Å². The molecule has 2 aromatic rings. The molecule has 0 radical (unpaired) electrons. The number of amides is 3. The molecule has 1 fully saturated rings. The molecule has 0 saturated carbocycles. The molecule has 198 valence electrons. The summed E-state index contributed by atoms with van der Waals surface area (Å²) in [6.45, 7) is 9.06. The largest absolute Gasteiger partial charge is 0.472 e. The molecule has 1 saturated heterocycles. The molecule has 0 unspecified atom stereocenters. The first kappa shape index (κ1) is 27.9. The van der Waals surface area contributed by atoms with Crippen LogP contribution in [-0.4, -0.2) is 83.6 Å². The van der Waals surface area contributed by atoms with Crippen molar-refractivity contribution in [3.8, 4) is 5.88 Å². The van der Waals surface area contributed by atoms with Gasteiger partial charge in [-0.15, -0.1) is 0 Å². The summed E-state index contributed by atoms with van der Waals surface area (Å²) < 4.78 is 9.86. The van der Waals surface area contributed by atoms with Crippen LogP contribution in [0.15, 0.2) is 24.3 Å². The number of piperazine rings is 1. The number of ether oxygens (including phenoxy) is 1. The van der Waals surface area contributed by atoms with Gasteiger partial charge in [-0.05, 0) is 43.4 Å². The minimum absolute atomic E-state index is 0.0828. The lowest BCUT2D eigenvalue weighted by Crippen LogP contribution is -2.47. The number of anilines is 1. The molecule has 3 rings (SSSR count). The lowest BCUT2D eigenvalue weighted by atomic mass is 10.2. The fourth-order valence-corrected chi connectivity index (χ4v) is 4.79. The molecule has 0 atom stereocenters. The summed E-state index contributed by atoms with van der Waals surface area (Å²) in [6.07, 6.45) is 4.17. The number of nitrogens with zero attached hydrogens (tertiary/aromatic N) is 3. The molecule has 10 nitrogen and oxygen atoms in total. The van der Waals surface area contributed by atoms with E-state index in [1.54, 1.807) is 0 Å². The predicted molar refractivity (Wildman–Crippen MR) is 142 cm³/mol. The highest BCUT2D eigenvalue weighted by Gasteiger charge is 2.22. The van der Waals surface area contributed by atoms with E-state index in [2.05, 4.69) is 24.8 Å². The van der Waals surface area contributed by atoms with Crippen molar-refractivity contribution in [1.82, 2.24) is 19.5 Å². The van der Waals surface area contributed by atoms with Crippen LogP contribution in [0.3, 0.4) is 0 Å². The number of aryl methyl sites for hydroxylation is 1. The molecule has 2 heterocycles. The van der Waals surface area contributed by atoms with Gasteiger partial charge in [-0.2, -0.15) is 4.37 Å². The van der Waals surface area contributed by atoms with E-state index >= 15 is 0 Å². The minimum Gasteiger partial charge on any atom is -0.472 e. The highest BCUT2D eigenvalue weighted by atomic mass is 32.1. The third-order valence-corrected chi connectivity index (χ3v) is 6.94. The number of nitrogens with two attached hydrogens (primary N) is 1. The number of hydrogen-bond donors (Lipinski definition) is 4. The Hall–Kier alpha value is -2.73. The van der Waals surface area contributed by atoms with E-state index < -0.39 is 11.9 Å². The van der Waals surface area contributed by atoms with E-state index in [-0.39, 0.29) is 29.7 Å². The van der Waals surface area contributed by atoms with Gasteiger partial charge < -0.3 is 25.8 Å². The van der Waals surface area contributed by atoms with Crippen molar-refractivity contribution >= 4 is 28.5 Å². The molecule has 1 aliphatic heterocycles. The van der Waals surface area contributed by atoms with Crippen LogP contribution in [-0.2, 0) is 6.61 Å². The topological polar surface area (TPSA) is 133 Å². The average molecular weight is 519 g/mol. The van der Waals surface area contributed by atoms with Gasteiger partial charge in [0.2, 0.25) is 5.88 Å². The summed E-state index contributed by atoms with van der Waals surface area (Å²) in [5.74, 6) is -0.578. The van der Waals surface area contributed by atoms with E-state index in [0.717, 1.165) is 87.6 Å². The van der Waals surface area contributed by atoms with Crippen molar-refractivity contribution in [2.75, 3.05) is 57.7 Å². The number of aromatic nitrogens is 1. The molecule has 1 aromatic heterocycles. The third kappa shape index (κ3) is 9.05. The number of carbonyl (C=O) groups is 2. The maximum atomic E-state index is 12.3. The van der Waals surface area contributed by atoms with E-state index in [0.29, 0.717) is 6.54 Å². The van der Waals surface area contributed by atoms with Crippen LogP contribution >= 0.6 is 11.5 Å². The lowest BCUT2D eigenvalue weighted by Gasteiger charge is -2.34. The van der Waals surface area contributed by atoms with E-state index in [4.69, 9.17) is 15.6 Å². The number of hydrogen-bond acceptors (Lipinski definition) is 8. The Morgan fingerprint density at radius 3 is 2.39 bits per heavy atom. The van der Waals surface area contributed by atoms with Crippen molar-refractivity contribution in [3.63, 3.8) is 0 Å². The number of benzene rings is 1. The Morgan fingerprint density at radius 1 is 1.06 bits per heavy atom. The monoisotopic (exact) mass is 518 g/mol. The zero-order valence-electron chi connectivity index (χ0n) is 21.0. The Bertz CT molecular complexity index is 960. The minimum atomic E-state index is -0.701. The number of rotatable bonds is 14. The maximum absolute atomic E-state index is 12.3. The number of aliphatic hydroxyl groups excluding tert-OH is 1. The molecular formula is C25H38N6O4S. The van der Waals surface area contributed by atoms with Gasteiger partial charge in [0.1, 0.15) is 17.2 Å². The molecule has 5 N–H and O–H groups in total. The molecule has 1 aromatic carbocycles. The summed E-state index contributed by atoms with van der Waals surface area (Å²) in [4.78, 5) is 29.1. The fraction of sp³-hybridized carbons (Fsp3) is 0.560. The number of carbonyl (C=O) groups excluding carboxylic acids is 2. The SMILES string of the molecule is Cc1ccc(COc2nsc(NC(=O)NCCCCCCN3CCN(CCO)CC3)c2C(N)=O)cc1. The van der Waals surface area contributed by atoms with Gasteiger partial charge in [0.05, 0.1) is 6.61 Å². The summed E-state index contributed by atoms with van der Waals surface area (Å²) in [6, 6.07) is 7.45. The Morgan fingerprint density at radius 2 is 1.72 bits per heavy atom. The van der Waals surface area contributed by atoms with Gasteiger partial charge in [-0.1, -0.05) is 42.7 Å². The van der Waals surface area contributed by atoms with Crippen LogP contribution in [0.1, 0.15) is 47.2 Å². The molecule has 11 heteroatoms. The van der Waals surface area contributed by atoms with Crippen molar-refractivity contribution in [2.45, 2.75) is 39.2 Å². The quantitative estimate of drug-likeness (QED) is 0.282. The van der Waals surface area contributed by atoms with Gasteiger partial charge in [-0.3, -0.25) is 15.0 Å². The van der Waals surface area contributed by atoms with Crippen molar-refractivity contribution in [1.29, 1.82) is 0 Å². The highest BCUT2D eigenvalue weighted by Crippen LogP contribution is 2.30. The maximum Gasteiger partial charge on any atom is 0.319 e. The summed E-state index contributed by atoms with van der Waals surface area (Å²) in [5, 5.41) is 14.8. The third-order valence-electron chi connectivity index (χ3n) is 6.20. The van der Waals surface area contributed by atoms with Crippen molar-refractivity contribution < 1.29 is 19.4 Å². The number of urea groups is 1. The fourth-order valence-electron chi connectivity index (χ4n) is 4.05. The van der Waals surface area contributed by atoms with Crippen LogP contribution < -0.4 is 21.1 Å². The van der Waals surface area contributed by atoms with Crippen molar-refractivity contribution in [3.05, 3.63) is 41.0 Å². The standard InChI is InChI=1S/C25H38N6O4S/c1-19-6-8-20(9-7-19)18-35-23-21(22(26)33)24(36-29-23)28-25(34)27-10-4-2-3-5-11-30-12-14-31(15-13-30)16-17-32/h6-9,32H,2-5,10-18H2,1H3,(H2,26,33)(H2,27,28,34). The highest BCUT2D eigenvalue weighted by molar-refractivity contribution is 7.11. The molecule has 36 heavy (non-hydrogen) atoms. The number of β-amino-alcohol motifs (C(OH)–C–C–N with tert-alkyl or cyclic N) is 1. The molecule has 1 aliphatic rings. The van der Waals surface area contributed by atoms with Crippen LogP contribution in [0.5, 0.6) is 5.88 Å². The first-order valence-electron chi connectivity index (χ1n) is 12.5. The zero-order valence-corrected chi connectivity index (χ0v) is 21.8. The second kappa shape index (κ2) is 14.7. The summed E-state index contributed by atoms with van der Waals surface area (Å²) >= 11 is 0.969. The van der Waals surface area contributed by atoms with Gasteiger partial charge in [0.15, 0.2) is 0 Å². The van der Waals surface area contributed by atoms with Gasteiger partial charge >= 0.3 is 6.03 Å². The molecule has 0 spiro atoms. The van der Waals surface area contributed by atoms with E-state index in [1.807, 2.05) is 31.2 Å². The lowest BCUT2D eigenvalue weighted by molar-refractivity contribution is 0.0996. The normalized spacial score (nSPS) is 14.5. The molecule has 0 bridgehead atoms. The number of unbranched alkanes of at least 4 members (excludes halogenated alkanes) is 3. The van der Waals surface area contributed by atoms with Crippen LogP contribution in [0, 0.1) is 6.92 Å². The smallest absolute Gasteiger partial charge is 0.319 e. The second-order valence-corrected chi connectivity index (χ2v) is 9.81. The molecular weight excluding hydrogens is 480 g/mol. The predicted octanol–water partition coefficient (Wildman–Crippen LogP) is 2.42. The zero-order chi connectivity index (χ0) is 25.8. The number of nitrogens with one attached hydrogen (secondary N) is 2. The Labute approximate surface area is 217 Å². The summed E-state index contributed by atoms with van der Waals surface area (Å²) in [7, 11) is 0. The van der Waals surface area contributed by atoms with Gasteiger partial charge in [0.25, 0.3) is 5.91 Å². The van der Waals surface area contributed by atoms with Crippen molar-refractivity contribution in [2.24, 2.45) is 5.73 Å². The van der Waals surface area contributed by atoms with Gasteiger partial charge in [-0.25, -0.2) is 4.79 Å². The number of primary amides is 1. The van der Waals surface area contributed by atoms with E-state index in [9.17, 15) is 9.59 Å². The Kier molecular flexibility index (Phi) is 11.4. The first-order chi connectivity index (χ1) is 17.5. The molecule has 0 aliphatic carbocycles.